The molecule has 1 aromatic heterocycles. The number of amides is 1. The van der Waals surface area contributed by atoms with Crippen molar-refractivity contribution in [2.24, 2.45) is 5.92 Å². The van der Waals surface area contributed by atoms with Crippen molar-refractivity contribution in [1.82, 2.24) is 10.2 Å². The first-order valence-electron chi connectivity index (χ1n) is 7.54. The van der Waals surface area contributed by atoms with Crippen molar-refractivity contribution in [2.75, 3.05) is 13.6 Å². The van der Waals surface area contributed by atoms with Crippen LogP contribution < -0.4 is 5.32 Å². The second-order valence-electron chi connectivity index (χ2n) is 6.07. The molecular formula is C16H24N2O2S. The van der Waals surface area contributed by atoms with Crippen molar-refractivity contribution in [1.29, 1.82) is 0 Å². The quantitative estimate of drug-likeness (QED) is 0.851. The Kier molecular flexibility index (Phi) is 5.53. The zero-order chi connectivity index (χ0) is 15.4. The topological polar surface area (TPSA) is 49.4 Å². The number of ketones is 1. The van der Waals surface area contributed by atoms with Crippen molar-refractivity contribution >= 4 is 23.0 Å². The Bertz CT molecular complexity index is 486. The number of Topliss-reactive ketones (excluding diaryl/α,β-unsaturated/α-hetero) is 1. The van der Waals surface area contributed by atoms with Gasteiger partial charge in [-0.15, -0.1) is 11.3 Å². The predicted molar refractivity (Wildman–Crippen MR) is 85.7 cm³/mol. The molecular weight excluding hydrogens is 284 g/mol. The van der Waals surface area contributed by atoms with Crippen LogP contribution in [0.4, 0.5) is 0 Å². The van der Waals surface area contributed by atoms with Gasteiger partial charge in [-0.05, 0) is 51.7 Å². The van der Waals surface area contributed by atoms with Gasteiger partial charge in [-0.1, -0.05) is 6.07 Å². The van der Waals surface area contributed by atoms with E-state index in [0.717, 1.165) is 24.3 Å². The normalized spacial score (nSPS) is 24.5. The van der Waals surface area contributed by atoms with Gasteiger partial charge in [-0.2, -0.15) is 0 Å². The van der Waals surface area contributed by atoms with Crippen LogP contribution in [0.1, 0.15) is 42.8 Å². The van der Waals surface area contributed by atoms with E-state index in [-0.39, 0.29) is 23.7 Å². The van der Waals surface area contributed by atoms with E-state index in [0.29, 0.717) is 12.5 Å². The second-order valence-corrected chi connectivity index (χ2v) is 7.01. The predicted octanol–water partition coefficient (Wildman–Crippen LogP) is 2.56. The van der Waals surface area contributed by atoms with E-state index >= 15 is 0 Å². The van der Waals surface area contributed by atoms with Crippen molar-refractivity contribution in [3.63, 3.8) is 0 Å². The van der Waals surface area contributed by atoms with Gasteiger partial charge >= 0.3 is 0 Å². The SMILES string of the molecule is C[C@H](CC(=O)c1cccs1)NC(=O)[C@H]1CCN(C)[C@@H](C)C1. The van der Waals surface area contributed by atoms with Crippen molar-refractivity contribution in [2.45, 2.75) is 45.2 Å². The number of nitrogens with zero attached hydrogens (tertiary/aromatic N) is 1. The lowest BCUT2D eigenvalue weighted by atomic mass is 9.91. The number of hydrogen-bond acceptors (Lipinski definition) is 4. The number of hydrogen-bond donors (Lipinski definition) is 1. The minimum atomic E-state index is -0.109. The first kappa shape index (κ1) is 16.2. The summed E-state index contributed by atoms with van der Waals surface area (Å²) in [6.45, 7) is 5.02. The summed E-state index contributed by atoms with van der Waals surface area (Å²) < 4.78 is 0. The number of carbonyl (C=O) groups excluding carboxylic acids is 2. The Labute approximate surface area is 130 Å². The molecule has 0 bridgehead atoms. The summed E-state index contributed by atoms with van der Waals surface area (Å²) in [5, 5.41) is 4.90. The van der Waals surface area contributed by atoms with Crippen LogP contribution in [-0.4, -0.2) is 42.3 Å². The van der Waals surface area contributed by atoms with E-state index in [9.17, 15) is 9.59 Å². The van der Waals surface area contributed by atoms with Crippen LogP contribution in [0.25, 0.3) is 0 Å². The average Bonchev–Trinajstić information content (AvgIpc) is 2.95. The van der Waals surface area contributed by atoms with Gasteiger partial charge < -0.3 is 10.2 Å². The fourth-order valence-electron chi connectivity index (χ4n) is 2.76. The summed E-state index contributed by atoms with van der Waals surface area (Å²) in [6, 6.07) is 4.04. The number of likely N-dealkylation sites (tertiary alicyclic amines) is 1. The highest BCUT2D eigenvalue weighted by Crippen LogP contribution is 2.22. The smallest absolute Gasteiger partial charge is 0.223 e. The molecule has 1 aliphatic heterocycles. The molecule has 4 nitrogen and oxygen atoms in total. The van der Waals surface area contributed by atoms with Crippen LogP contribution in [0.5, 0.6) is 0 Å². The summed E-state index contributed by atoms with van der Waals surface area (Å²) in [7, 11) is 2.10. The molecule has 1 aromatic rings. The maximum Gasteiger partial charge on any atom is 0.223 e. The molecule has 3 atom stereocenters. The van der Waals surface area contributed by atoms with Crippen LogP contribution in [-0.2, 0) is 4.79 Å². The highest BCUT2D eigenvalue weighted by Gasteiger charge is 2.28. The van der Waals surface area contributed by atoms with Crippen LogP contribution in [0, 0.1) is 5.92 Å². The molecule has 1 saturated heterocycles. The van der Waals surface area contributed by atoms with E-state index in [1.807, 2.05) is 24.4 Å². The zero-order valence-electron chi connectivity index (χ0n) is 13.0. The Morgan fingerprint density at radius 3 is 2.90 bits per heavy atom. The largest absolute Gasteiger partial charge is 0.353 e. The van der Waals surface area contributed by atoms with E-state index in [1.54, 1.807) is 0 Å². The summed E-state index contributed by atoms with van der Waals surface area (Å²) in [5.41, 5.74) is 0. The van der Waals surface area contributed by atoms with E-state index in [1.165, 1.54) is 11.3 Å². The number of nitrogens with one attached hydrogen (secondary N) is 1. The fraction of sp³-hybridized carbons (Fsp3) is 0.625. The molecule has 0 aromatic carbocycles. The van der Waals surface area contributed by atoms with Gasteiger partial charge in [0.25, 0.3) is 0 Å². The summed E-state index contributed by atoms with van der Waals surface area (Å²) in [6.07, 6.45) is 2.17. The van der Waals surface area contributed by atoms with E-state index in [4.69, 9.17) is 0 Å². The minimum absolute atomic E-state index is 0.0792. The summed E-state index contributed by atoms with van der Waals surface area (Å²) in [5.74, 6) is 0.284. The van der Waals surface area contributed by atoms with Gasteiger partial charge in [0.05, 0.1) is 4.88 Å². The van der Waals surface area contributed by atoms with Crippen LogP contribution in [0.3, 0.4) is 0 Å². The van der Waals surface area contributed by atoms with Crippen LogP contribution in [0.2, 0.25) is 0 Å². The lowest BCUT2D eigenvalue weighted by Crippen LogP contribution is -2.45. The highest BCUT2D eigenvalue weighted by molar-refractivity contribution is 7.12. The van der Waals surface area contributed by atoms with Crippen molar-refractivity contribution in [3.8, 4) is 0 Å². The Hall–Kier alpha value is -1.20. The molecule has 1 fully saturated rings. The van der Waals surface area contributed by atoms with E-state index < -0.39 is 0 Å². The third kappa shape index (κ3) is 4.38. The Morgan fingerprint density at radius 1 is 1.52 bits per heavy atom. The first-order chi connectivity index (χ1) is 9.97. The lowest BCUT2D eigenvalue weighted by Gasteiger charge is -2.34. The molecule has 0 spiro atoms. The molecule has 1 N–H and O–H groups in total. The third-order valence-corrected chi connectivity index (χ3v) is 5.17. The third-order valence-electron chi connectivity index (χ3n) is 4.26. The van der Waals surface area contributed by atoms with Gasteiger partial charge in [0.15, 0.2) is 5.78 Å². The molecule has 2 rings (SSSR count). The second kappa shape index (κ2) is 7.18. The van der Waals surface area contributed by atoms with Gasteiger partial charge in [0.2, 0.25) is 5.91 Å². The lowest BCUT2D eigenvalue weighted by molar-refractivity contribution is -0.127. The van der Waals surface area contributed by atoms with E-state index in [2.05, 4.69) is 24.2 Å². The number of piperidine rings is 1. The molecule has 21 heavy (non-hydrogen) atoms. The maximum absolute atomic E-state index is 12.3. The van der Waals surface area contributed by atoms with Gasteiger partial charge in [-0.25, -0.2) is 0 Å². The van der Waals surface area contributed by atoms with Crippen LogP contribution in [0.15, 0.2) is 17.5 Å². The summed E-state index contributed by atoms with van der Waals surface area (Å²) >= 11 is 1.45. The average molecular weight is 308 g/mol. The van der Waals surface area contributed by atoms with Gasteiger partial charge in [0.1, 0.15) is 0 Å². The molecule has 0 radical (unpaired) electrons. The number of carbonyl (C=O) groups is 2. The molecule has 1 aliphatic rings. The Morgan fingerprint density at radius 2 is 2.29 bits per heavy atom. The summed E-state index contributed by atoms with van der Waals surface area (Å²) in [4.78, 5) is 27.4. The van der Waals surface area contributed by atoms with Crippen molar-refractivity contribution in [3.05, 3.63) is 22.4 Å². The molecule has 1 amide bonds. The molecule has 2 heterocycles. The molecule has 116 valence electrons. The molecule has 0 unspecified atom stereocenters. The molecule has 0 aliphatic carbocycles. The number of rotatable bonds is 5. The first-order valence-corrected chi connectivity index (χ1v) is 8.42. The van der Waals surface area contributed by atoms with Gasteiger partial charge in [0, 0.05) is 24.4 Å². The van der Waals surface area contributed by atoms with Gasteiger partial charge in [-0.3, -0.25) is 9.59 Å². The zero-order valence-corrected chi connectivity index (χ0v) is 13.8. The molecule has 5 heteroatoms. The van der Waals surface area contributed by atoms with Crippen molar-refractivity contribution < 1.29 is 9.59 Å². The molecule has 0 saturated carbocycles. The maximum atomic E-state index is 12.3. The fourth-order valence-corrected chi connectivity index (χ4v) is 3.43. The highest BCUT2D eigenvalue weighted by atomic mass is 32.1. The minimum Gasteiger partial charge on any atom is -0.353 e. The Balaban J connectivity index is 1.81. The monoisotopic (exact) mass is 308 g/mol. The van der Waals surface area contributed by atoms with Crippen LogP contribution >= 0.6 is 11.3 Å². The standard InChI is InChI=1S/C16H24N2O2S/c1-11(9-14(19)15-5-4-8-21-15)17-16(20)13-6-7-18(3)12(2)10-13/h4-5,8,11-13H,6-7,9-10H2,1-3H3,(H,17,20)/t11-,12+,13+/m1/s1. The number of thiophene rings is 1.